The largest absolute Gasteiger partial charge is 0.478 e. The van der Waals surface area contributed by atoms with Crippen molar-refractivity contribution < 1.29 is 15.0 Å². The van der Waals surface area contributed by atoms with E-state index >= 15 is 0 Å². The van der Waals surface area contributed by atoms with Gasteiger partial charge < -0.3 is 15.1 Å². The molecule has 4 nitrogen and oxygen atoms in total. The Morgan fingerprint density at radius 2 is 2.06 bits per heavy atom. The van der Waals surface area contributed by atoms with Gasteiger partial charge in [0.2, 0.25) is 0 Å². The SMILES string of the molecule is CC1CCN(c2ccc(C(=O)O)cc2)C1CO. The van der Waals surface area contributed by atoms with Crippen LogP contribution < -0.4 is 4.90 Å². The van der Waals surface area contributed by atoms with Crippen molar-refractivity contribution in [3.8, 4) is 0 Å². The van der Waals surface area contributed by atoms with Crippen LogP contribution in [0.2, 0.25) is 0 Å². The number of carboxylic acids is 1. The van der Waals surface area contributed by atoms with Gasteiger partial charge in [0, 0.05) is 12.2 Å². The van der Waals surface area contributed by atoms with Crippen molar-refractivity contribution in [2.75, 3.05) is 18.1 Å². The van der Waals surface area contributed by atoms with Gasteiger partial charge in [-0.15, -0.1) is 0 Å². The van der Waals surface area contributed by atoms with Gasteiger partial charge in [-0.1, -0.05) is 6.92 Å². The van der Waals surface area contributed by atoms with Gasteiger partial charge in [0.15, 0.2) is 0 Å². The Kier molecular flexibility index (Phi) is 3.33. The highest BCUT2D eigenvalue weighted by Crippen LogP contribution is 2.29. The topological polar surface area (TPSA) is 60.8 Å². The molecule has 2 unspecified atom stereocenters. The Labute approximate surface area is 100 Å². The fourth-order valence-corrected chi connectivity index (χ4v) is 2.40. The van der Waals surface area contributed by atoms with Crippen molar-refractivity contribution in [3.05, 3.63) is 29.8 Å². The molecule has 0 bridgehead atoms. The molecule has 2 atom stereocenters. The Balaban J connectivity index is 2.20. The molecule has 0 aliphatic carbocycles. The zero-order valence-electron chi connectivity index (χ0n) is 9.84. The number of carboxylic acid groups (broad SMARTS) is 1. The number of hydrogen-bond donors (Lipinski definition) is 2. The van der Waals surface area contributed by atoms with E-state index in [9.17, 15) is 9.90 Å². The third-order valence-electron chi connectivity index (χ3n) is 3.52. The summed E-state index contributed by atoms with van der Waals surface area (Å²) in [5, 5.41) is 18.2. The van der Waals surface area contributed by atoms with Gasteiger partial charge in [-0.25, -0.2) is 4.79 Å². The van der Waals surface area contributed by atoms with Crippen molar-refractivity contribution in [1.82, 2.24) is 0 Å². The number of benzene rings is 1. The number of aliphatic hydroxyl groups is 1. The third-order valence-corrected chi connectivity index (χ3v) is 3.52. The number of hydrogen-bond acceptors (Lipinski definition) is 3. The predicted octanol–water partition coefficient (Wildman–Crippen LogP) is 1.59. The van der Waals surface area contributed by atoms with Crippen LogP contribution in [0.3, 0.4) is 0 Å². The standard InChI is InChI=1S/C13H17NO3/c1-9-6-7-14(12(9)8-15)11-4-2-10(3-5-11)13(16)17/h2-5,9,12,15H,6-8H2,1H3,(H,16,17). The number of nitrogens with zero attached hydrogens (tertiary/aromatic N) is 1. The van der Waals surface area contributed by atoms with Crippen molar-refractivity contribution in [2.45, 2.75) is 19.4 Å². The molecular weight excluding hydrogens is 218 g/mol. The van der Waals surface area contributed by atoms with Crippen molar-refractivity contribution in [3.63, 3.8) is 0 Å². The first-order valence-electron chi connectivity index (χ1n) is 5.84. The first-order chi connectivity index (χ1) is 8.13. The number of carbonyl (C=O) groups is 1. The van der Waals surface area contributed by atoms with Gasteiger partial charge in [-0.05, 0) is 36.6 Å². The van der Waals surface area contributed by atoms with Crippen LogP contribution >= 0.6 is 0 Å². The van der Waals surface area contributed by atoms with Crippen molar-refractivity contribution in [2.24, 2.45) is 5.92 Å². The number of anilines is 1. The minimum atomic E-state index is -0.912. The van der Waals surface area contributed by atoms with E-state index in [1.165, 1.54) is 0 Å². The smallest absolute Gasteiger partial charge is 0.335 e. The summed E-state index contributed by atoms with van der Waals surface area (Å²) in [6.07, 6.45) is 1.06. The van der Waals surface area contributed by atoms with Crippen molar-refractivity contribution in [1.29, 1.82) is 0 Å². The Hall–Kier alpha value is -1.55. The highest BCUT2D eigenvalue weighted by Gasteiger charge is 2.30. The van der Waals surface area contributed by atoms with Crippen LogP contribution in [0.1, 0.15) is 23.7 Å². The predicted molar refractivity (Wildman–Crippen MR) is 65.4 cm³/mol. The third kappa shape index (κ3) is 2.26. The van der Waals surface area contributed by atoms with E-state index in [1.54, 1.807) is 12.1 Å². The summed E-state index contributed by atoms with van der Waals surface area (Å²) >= 11 is 0. The molecule has 0 spiro atoms. The van der Waals surface area contributed by atoms with Gasteiger partial charge in [0.05, 0.1) is 18.2 Å². The number of rotatable bonds is 3. The summed E-state index contributed by atoms with van der Waals surface area (Å²) in [6.45, 7) is 3.19. The van der Waals surface area contributed by atoms with Crippen LogP contribution in [0, 0.1) is 5.92 Å². The minimum absolute atomic E-state index is 0.141. The zero-order valence-corrected chi connectivity index (χ0v) is 9.84. The molecule has 1 aromatic carbocycles. The summed E-state index contributed by atoms with van der Waals surface area (Å²) in [6, 6.07) is 6.98. The van der Waals surface area contributed by atoms with Gasteiger partial charge in [-0.3, -0.25) is 0 Å². The van der Waals surface area contributed by atoms with Crippen LogP contribution in [0.4, 0.5) is 5.69 Å². The van der Waals surface area contributed by atoms with E-state index in [2.05, 4.69) is 11.8 Å². The molecule has 1 heterocycles. The van der Waals surface area contributed by atoms with Crippen LogP contribution in [0.5, 0.6) is 0 Å². The Morgan fingerprint density at radius 1 is 1.41 bits per heavy atom. The first-order valence-corrected chi connectivity index (χ1v) is 5.84. The molecule has 1 aliphatic heterocycles. The lowest BCUT2D eigenvalue weighted by atomic mass is 10.0. The lowest BCUT2D eigenvalue weighted by Gasteiger charge is -2.27. The monoisotopic (exact) mass is 235 g/mol. The second-order valence-corrected chi connectivity index (χ2v) is 4.56. The van der Waals surface area contributed by atoms with E-state index in [1.807, 2.05) is 12.1 Å². The van der Waals surface area contributed by atoms with E-state index in [0.29, 0.717) is 11.5 Å². The fourth-order valence-electron chi connectivity index (χ4n) is 2.40. The lowest BCUT2D eigenvalue weighted by Crippen LogP contribution is -2.35. The maximum atomic E-state index is 10.8. The van der Waals surface area contributed by atoms with E-state index in [4.69, 9.17) is 5.11 Å². The number of aliphatic hydroxyl groups excluding tert-OH is 1. The molecule has 1 aromatic rings. The number of aromatic carboxylic acids is 1. The molecule has 2 N–H and O–H groups in total. The Morgan fingerprint density at radius 3 is 2.59 bits per heavy atom. The molecule has 1 aliphatic rings. The normalized spacial score (nSPS) is 24.0. The maximum absolute atomic E-state index is 10.8. The molecule has 0 radical (unpaired) electrons. The Bertz CT molecular complexity index is 402. The second-order valence-electron chi connectivity index (χ2n) is 4.56. The molecule has 1 saturated heterocycles. The van der Waals surface area contributed by atoms with E-state index in [0.717, 1.165) is 18.7 Å². The average Bonchev–Trinajstić information content (AvgIpc) is 2.70. The van der Waals surface area contributed by atoms with Gasteiger partial charge in [0.1, 0.15) is 0 Å². The van der Waals surface area contributed by atoms with Crippen LogP contribution in [0.25, 0.3) is 0 Å². The summed E-state index contributed by atoms with van der Waals surface area (Å²) in [4.78, 5) is 12.9. The lowest BCUT2D eigenvalue weighted by molar-refractivity contribution is 0.0697. The van der Waals surface area contributed by atoms with Crippen LogP contribution in [0.15, 0.2) is 24.3 Å². The summed E-state index contributed by atoms with van der Waals surface area (Å²) in [5.74, 6) is -0.441. The van der Waals surface area contributed by atoms with E-state index in [-0.39, 0.29) is 12.6 Å². The summed E-state index contributed by atoms with van der Waals surface area (Å²) in [7, 11) is 0. The minimum Gasteiger partial charge on any atom is -0.478 e. The maximum Gasteiger partial charge on any atom is 0.335 e. The van der Waals surface area contributed by atoms with Crippen LogP contribution in [-0.2, 0) is 0 Å². The molecule has 92 valence electrons. The molecule has 4 heteroatoms. The average molecular weight is 235 g/mol. The van der Waals surface area contributed by atoms with Crippen molar-refractivity contribution >= 4 is 11.7 Å². The second kappa shape index (κ2) is 4.75. The molecular formula is C13H17NO3. The molecule has 1 fully saturated rings. The fraction of sp³-hybridized carbons (Fsp3) is 0.462. The summed E-state index contributed by atoms with van der Waals surface area (Å²) < 4.78 is 0. The van der Waals surface area contributed by atoms with Gasteiger partial charge >= 0.3 is 5.97 Å². The molecule has 0 aromatic heterocycles. The molecule has 0 amide bonds. The highest BCUT2D eigenvalue weighted by molar-refractivity contribution is 5.88. The molecule has 2 rings (SSSR count). The van der Waals surface area contributed by atoms with E-state index < -0.39 is 5.97 Å². The zero-order chi connectivity index (χ0) is 12.4. The quantitative estimate of drug-likeness (QED) is 0.835. The molecule has 0 saturated carbocycles. The highest BCUT2D eigenvalue weighted by atomic mass is 16.4. The summed E-state index contributed by atoms with van der Waals surface area (Å²) in [5.41, 5.74) is 1.28. The van der Waals surface area contributed by atoms with Gasteiger partial charge in [-0.2, -0.15) is 0 Å². The van der Waals surface area contributed by atoms with Gasteiger partial charge in [0.25, 0.3) is 0 Å². The first kappa shape index (κ1) is 11.9. The van der Waals surface area contributed by atoms with Crippen LogP contribution in [-0.4, -0.2) is 35.4 Å². The molecule has 17 heavy (non-hydrogen) atoms.